The van der Waals surface area contributed by atoms with E-state index in [0.717, 1.165) is 42.4 Å². The van der Waals surface area contributed by atoms with Gasteiger partial charge in [0.25, 0.3) is 0 Å². The number of aromatic nitrogens is 1. The fourth-order valence-electron chi connectivity index (χ4n) is 2.75. The predicted molar refractivity (Wildman–Crippen MR) is 80.6 cm³/mol. The Morgan fingerprint density at radius 1 is 1.40 bits per heavy atom. The van der Waals surface area contributed by atoms with E-state index >= 15 is 0 Å². The quantitative estimate of drug-likeness (QED) is 0.881. The molecule has 0 saturated carbocycles. The molecule has 2 heterocycles. The number of benzene rings is 1. The summed E-state index contributed by atoms with van der Waals surface area (Å²) in [5.74, 6) is 0.0917. The first-order chi connectivity index (χ1) is 9.69. The van der Waals surface area contributed by atoms with Gasteiger partial charge in [0, 0.05) is 35.4 Å². The number of anilines is 1. The number of piperidine rings is 1. The van der Waals surface area contributed by atoms with Crippen LogP contribution in [0.3, 0.4) is 0 Å². The van der Waals surface area contributed by atoms with Gasteiger partial charge in [0.1, 0.15) is 0 Å². The van der Waals surface area contributed by atoms with Crippen LogP contribution < -0.4 is 10.6 Å². The highest BCUT2D eigenvalue weighted by Gasteiger charge is 2.34. The number of hydrogen-bond acceptors (Lipinski definition) is 3. The second-order valence-electron chi connectivity index (χ2n) is 5.70. The van der Waals surface area contributed by atoms with Crippen LogP contribution in [-0.2, 0) is 4.79 Å². The Hall–Kier alpha value is -1.94. The molecule has 0 aliphatic carbocycles. The van der Waals surface area contributed by atoms with Gasteiger partial charge in [0.05, 0.1) is 5.41 Å². The lowest BCUT2D eigenvalue weighted by Gasteiger charge is -2.32. The van der Waals surface area contributed by atoms with Crippen LogP contribution >= 0.6 is 0 Å². The van der Waals surface area contributed by atoms with Crippen molar-refractivity contribution in [2.45, 2.75) is 19.8 Å². The summed E-state index contributed by atoms with van der Waals surface area (Å²) < 4.78 is 0. The van der Waals surface area contributed by atoms with Crippen molar-refractivity contribution in [3.63, 3.8) is 0 Å². The Labute approximate surface area is 118 Å². The van der Waals surface area contributed by atoms with E-state index in [2.05, 4.69) is 15.6 Å². The number of nitrogens with zero attached hydrogens (tertiary/aromatic N) is 1. The van der Waals surface area contributed by atoms with Crippen molar-refractivity contribution in [1.82, 2.24) is 10.3 Å². The lowest BCUT2D eigenvalue weighted by Crippen LogP contribution is -2.46. The molecule has 1 unspecified atom stereocenters. The zero-order valence-corrected chi connectivity index (χ0v) is 11.6. The zero-order valence-electron chi connectivity index (χ0n) is 11.6. The van der Waals surface area contributed by atoms with Crippen LogP contribution in [0.2, 0.25) is 0 Å². The first kappa shape index (κ1) is 13.1. The minimum atomic E-state index is -0.326. The van der Waals surface area contributed by atoms with Gasteiger partial charge in [-0.25, -0.2) is 0 Å². The summed E-state index contributed by atoms with van der Waals surface area (Å²) in [5.41, 5.74) is 0.537. The van der Waals surface area contributed by atoms with Crippen LogP contribution in [0, 0.1) is 5.41 Å². The molecule has 1 aliphatic rings. The molecular weight excluding hydrogens is 250 g/mol. The molecule has 1 aromatic heterocycles. The third kappa shape index (κ3) is 2.39. The summed E-state index contributed by atoms with van der Waals surface area (Å²) in [7, 11) is 0. The molecule has 4 heteroatoms. The van der Waals surface area contributed by atoms with Crippen molar-refractivity contribution in [2.75, 3.05) is 18.4 Å². The normalized spacial score (nSPS) is 22.6. The van der Waals surface area contributed by atoms with Crippen molar-refractivity contribution in [1.29, 1.82) is 0 Å². The molecule has 1 atom stereocenters. The van der Waals surface area contributed by atoms with Crippen molar-refractivity contribution < 1.29 is 4.79 Å². The van der Waals surface area contributed by atoms with Crippen molar-refractivity contribution in [2.24, 2.45) is 5.41 Å². The number of rotatable bonds is 2. The molecule has 1 fully saturated rings. The first-order valence-electron chi connectivity index (χ1n) is 7.04. The first-order valence-corrected chi connectivity index (χ1v) is 7.04. The molecule has 20 heavy (non-hydrogen) atoms. The number of amides is 1. The number of carbonyl (C=O) groups is 1. The van der Waals surface area contributed by atoms with E-state index in [1.54, 1.807) is 6.20 Å². The van der Waals surface area contributed by atoms with Gasteiger partial charge in [-0.15, -0.1) is 0 Å². The predicted octanol–water partition coefficient (Wildman–Crippen LogP) is 2.56. The SMILES string of the molecule is CC1(C(=O)Nc2cccc3cnccc23)CCCNC1. The van der Waals surface area contributed by atoms with Crippen LogP contribution in [0.25, 0.3) is 10.8 Å². The second kappa shape index (κ2) is 5.21. The van der Waals surface area contributed by atoms with E-state index in [1.165, 1.54) is 0 Å². The average Bonchev–Trinajstić information content (AvgIpc) is 2.48. The fraction of sp³-hybridized carbons (Fsp3) is 0.375. The highest BCUT2D eigenvalue weighted by molar-refractivity contribution is 6.03. The third-order valence-corrected chi connectivity index (χ3v) is 4.07. The molecular formula is C16H19N3O. The Morgan fingerprint density at radius 2 is 2.30 bits per heavy atom. The van der Waals surface area contributed by atoms with Crippen LogP contribution in [0.4, 0.5) is 5.69 Å². The molecule has 4 nitrogen and oxygen atoms in total. The molecule has 1 aliphatic heterocycles. The molecule has 0 radical (unpaired) electrons. The van der Waals surface area contributed by atoms with Crippen molar-refractivity contribution >= 4 is 22.4 Å². The minimum absolute atomic E-state index is 0.0917. The largest absolute Gasteiger partial charge is 0.325 e. The zero-order chi connectivity index (χ0) is 14.0. The van der Waals surface area contributed by atoms with Crippen LogP contribution in [0.15, 0.2) is 36.7 Å². The molecule has 2 aromatic rings. The number of fused-ring (bicyclic) bond motifs is 1. The monoisotopic (exact) mass is 269 g/mol. The lowest BCUT2D eigenvalue weighted by molar-refractivity contribution is -0.125. The van der Waals surface area contributed by atoms with E-state index < -0.39 is 0 Å². The Bertz CT molecular complexity index is 627. The number of nitrogens with one attached hydrogen (secondary N) is 2. The summed E-state index contributed by atoms with van der Waals surface area (Å²) in [6, 6.07) is 7.83. The molecule has 0 spiro atoms. The third-order valence-electron chi connectivity index (χ3n) is 4.07. The second-order valence-corrected chi connectivity index (χ2v) is 5.70. The molecule has 3 rings (SSSR count). The van der Waals surface area contributed by atoms with Gasteiger partial charge >= 0.3 is 0 Å². The van der Waals surface area contributed by atoms with E-state index in [0.29, 0.717) is 0 Å². The summed E-state index contributed by atoms with van der Waals surface area (Å²) >= 11 is 0. The maximum Gasteiger partial charge on any atom is 0.231 e. The van der Waals surface area contributed by atoms with E-state index in [9.17, 15) is 4.79 Å². The van der Waals surface area contributed by atoms with Crippen molar-refractivity contribution in [3.05, 3.63) is 36.7 Å². The van der Waals surface area contributed by atoms with E-state index in [4.69, 9.17) is 0 Å². The Morgan fingerprint density at radius 3 is 3.10 bits per heavy atom. The summed E-state index contributed by atoms with van der Waals surface area (Å²) in [6.07, 6.45) is 5.54. The highest BCUT2D eigenvalue weighted by Crippen LogP contribution is 2.29. The van der Waals surface area contributed by atoms with Gasteiger partial charge < -0.3 is 10.6 Å². The summed E-state index contributed by atoms with van der Waals surface area (Å²) in [6.45, 7) is 3.77. The highest BCUT2D eigenvalue weighted by atomic mass is 16.2. The molecule has 104 valence electrons. The van der Waals surface area contributed by atoms with Crippen molar-refractivity contribution in [3.8, 4) is 0 Å². The number of hydrogen-bond donors (Lipinski definition) is 2. The van der Waals surface area contributed by atoms with Gasteiger partial charge in [-0.05, 0) is 38.4 Å². The maximum atomic E-state index is 12.6. The summed E-state index contributed by atoms with van der Waals surface area (Å²) in [5, 5.41) is 8.47. The average molecular weight is 269 g/mol. The van der Waals surface area contributed by atoms with Gasteiger partial charge in [-0.2, -0.15) is 0 Å². The Kier molecular flexibility index (Phi) is 3.40. The topological polar surface area (TPSA) is 54.0 Å². The molecule has 1 saturated heterocycles. The van der Waals surface area contributed by atoms with Crippen LogP contribution in [0.1, 0.15) is 19.8 Å². The van der Waals surface area contributed by atoms with Crippen LogP contribution in [0.5, 0.6) is 0 Å². The fourth-order valence-corrected chi connectivity index (χ4v) is 2.75. The molecule has 2 N–H and O–H groups in total. The summed E-state index contributed by atoms with van der Waals surface area (Å²) in [4.78, 5) is 16.7. The minimum Gasteiger partial charge on any atom is -0.325 e. The lowest BCUT2D eigenvalue weighted by atomic mass is 9.82. The van der Waals surface area contributed by atoms with Crippen LogP contribution in [-0.4, -0.2) is 24.0 Å². The van der Waals surface area contributed by atoms with E-state index in [-0.39, 0.29) is 11.3 Å². The van der Waals surface area contributed by atoms with Gasteiger partial charge in [0.2, 0.25) is 5.91 Å². The number of carbonyl (C=O) groups excluding carboxylic acids is 1. The van der Waals surface area contributed by atoms with E-state index in [1.807, 2.05) is 37.4 Å². The standard InChI is InChI=1S/C16H19N3O/c1-16(7-3-8-18-11-16)15(20)19-14-5-2-4-12-10-17-9-6-13(12)14/h2,4-6,9-10,18H,3,7-8,11H2,1H3,(H,19,20). The smallest absolute Gasteiger partial charge is 0.231 e. The Balaban J connectivity index is 1.87. The maximum absolute atomic E-state index is 12.6. The van der Waals surface area contributed by atoms with Gasteiger partial charge in [-0.3, -0.25) is 9.78 Å². The molecule has 0 bridgehead atoms. The van der Waals surface area contributed by atoms with Gasteiger partial charge in [0.15, 0.2) is 0 Å². The number of pyridine rings is 1. The molecule has 1 aromatic carbocycles. The van der Waals surface area contributed by atoms with Gasteiger partial charge in [-0.1, -0.05) is 12.1 Å². The molecule has 1 amide bonds.